The van der Waals surface area contributed by atoms with Crippen LogP contribution in [0.4, 0.5) is 35.1 Å². The lowest BCUT2D eigenvalue weighted by Crippen LogP contribution is -2.42. The number of carbonyl (C=O) groups excluding carboxylic acids is 1. The van der Waals surface area contributed by atoms with Crippen molar-refractivity contribution < 1.29 is 44.7 Å². The van der Waals surface area contributed by atoms with E-state index in [0.717, 1.165) is 0 Å². The lowest BCUT2D eigenvalue weighted by atomic mass is 9.88. The summed E-state index contributed by atoms with van der Waals surface area (Å²) in [4.78, 5) is 12.0. The standard InChI is InChI=1S/C21H21F8NO2SSi/c1-4-32-14(31)8-19(34,30-33)16-17(22)12(7-13(18(16)23)21(27,28)29)15-9(2)5-11(6-10(15)3)20(24,25)26/h5-7,30,33H,4,8H2,1-3,34H3. The van der Waals surface area contributed by atoms with Gasteiger partial charge in [-0.05, 0) is 55.7 Å². The van der Waals surface area contributed by atoms with E-state index in [1.165, 1.54) is 20.8 Å². The van der Waals surface area contributed by atoms with Crippen molar-refractivity contribution in [1.29, 1.82) is 0 Å². The van der Waals surface area contributed by atoms with E-state index < -0.39 is 63.8 Å². The van der Waals surface area contributed by atoms with Gasteiger partial charge in [-0.25, -0.2) is 8.78 Å². The molecule has 188 valence electrons. The first-order valence-electron chi connectivity index (χ1n) is 9.83. The molecule has 0 aromatic heterocycles. The quantitative estimate of drug-likeness (QED) is 0.233. The highest BCUT2D eigenvalue weighted by atomic mass is 32.1. The Bertz CT molecular complexity index is 1080. The van der Waals surface area contributed by atoms with Gasteiger partial charge in [-0.3, -0.25) is 9.52 Å². The Balaban J connectivity index is 2.94. The molecule has 0 saturated heterocycles. The molecule has 0 saturated carbocycles. The Kier molecular flexibility index (Phi) is 8.15. The van der Waals surface area contributed by atoms with Crippen LogP contribution in [-0.4, -0.2) is 22.8 Å². The van der Waals surface area contributed by atoms with Gasteiger partial charge in [-0.1, -0.05) is 12.8 Å². The van der Waals surface area contributed by atoms with Gasteiger partial charge in [-0.15, -0.1) is 0 Å². The van der Waals surface area contributed by atoms with Crippen molar-refractivity contribution >= 4 is 29.0 Å². The third-order valence-electron chi connectivity index (χ3n) is 5.24. The molecule has 1 unspecified atom stereocenters. The Morgan fingerprint density at radius 2 is 1.53 bits per heavy atom. The van der Waals surface area contributed by atoms with Crippen LogP contribution in [0.15, 0.2) is 18.2 Å². The van der Waals surface area contributed by atoms with Crippen LogP contribution in [0, 0.1) is 25.5 Å². The number of rotatable bonds is 6. The number of nitrogens with one attached hydrogen (secondary N) is 1. The van der Waals surface area contributed by atoms with E-state index >= 15 is 8.78 Å². The summed E-state index contributed by atoms with van der Waals surface area (Å²) in [5.74, 6) is -4.33. The second kappa shape index (κ2) is 9.86. The molecule has 0 bridgehead atoms. The Morgan fingerprint density at radius 3 is 1.94 bits per heavy atom. The van der Waals surface area contributed by atoms with Crippen LogP contribution in [0.2, 0.25) is 0 Å². The van der Waals surface area contributed by atoms with E-state index in [2.05, 4.69) is 17.5 Å². The number of hydrogen-bond donors (Lipinski definition) is 2. The van der Waals surface area contributed by atoms with Gasteiger partial charge in [0.25, 0.3) is 0 Å². The molecule has 0 spiro atoms. The summed E-state index contributed by atoms with van der Waals surface area (Å²) in [6.45, 7) is 3.75. The Morgan fingerprint density at radius 1 is 1.00 bits per heavy atom. The molecule has 34 heavy (non-hydrogen) atoms. The summed E-state index contributed by atoms with van der Waals surface area (Å²) >= 11 is 3.80. The average molecular weight is 532 g/mol. The van der Waals surface area contributed by atoms with Gasteiger partial charge in [0, 0.05) is 21.4 Å². The summed E-state index contributed by atoms with van der Waals surface area (Å²) in [5.41, 5.74) is -5.32. The molecule has 2 aromatic rings. The van der Waals surface area contributed by atoms with E-state index in [9.17, 15) is 31.1 Å². The van der Waals surface area contributed by atoms with Crippen LogP contribution in [0.3, 0.4) is 0 Å². The molecule has 0 heterocycles. The van der Waals surface area contributed by atoms with Crippen molar-refractivity contribution in [2.24, 2.45) is 0 Å². The van der Waals surface area contributed by atoms with E-state index in [0.29, 0.717) is 12.1 Å². The highest BCUT2D eigenvalue weighted by molar-refractivity contribution is 7.78. The highest BCUT2D eigenvalue weighted by Gasteiger charge is 2.43. The molecule has 13 heteroatoms. The van der Waals surface area contributed by atoms with Gasteiger partial charge in [0.15, 0.2) is 0 Å². The summed E-state index contributed by atoms with van der Waals surface area (Å²) in [5, 5.41) is -1.97. The maximum Gasteiger partial charge on any atom is 0.419 e. The fourth-order valence-electron chi connectivity index (χ4n) is 3.75. The van der Waals surface area contributed by atoms with Gasteiger partial charge in [0.1, 0.15) is 11.6 Å². The molecule has 0 aliphatic heterocycles. The molecule has 0 amide bonds. The van der Waals surface area contributed by atoms with Crippen molar-refractivity contribution in [1.82, 2.24) is 4.72 Å². The van der Waals surface area contributed by atoms with E-state index in [1.807, 2.05) is 0 Å². The van der Waals surface area contributed by atoms with Gasteiger partial charge in [0.05, 0.1) is 29.3 Å². The third kappa shape index (κ3) is 5.57. The Labute approximate surface area is 198 Å². The fraction of sp³-hybridized carbons (Fsp3) is 0.381. The number of ether oxygens (including phenoxy) is 1. The minimum Gasteiger partial charge on any atom is -0.466 e. The molecule has 0 radical (unpaired) electrons. The van der Waals surface area contributed by atoms with Gasteiger partial charge >= 0.3 is 18.3 Å². The number of alkyl halides is 6. The van der Waals surface area contributed by atoms with Crippen molar-refractivity contribution in [3.05, 3.63) is 57.7 Å². The monoisotopic (exact) mass is 531 g/mol. The van der Waals surface area contributed by atoms with E-state index in [1.54, 1.807) is 0 Å². The number of esters is 1. The third-order valence-corrected chi connectivity index (χ3v) is 7.26. The minimum atomic E-state index is -5.27. The number of halogens is 8. The molecular weight excluding hydrogens is 510 g/mol. The molecule has 1 atom stereocenters. The lowest BCUT2D eigenvalue weighted by molar-refractivity contribution is -0.144. The largest absolute Gasteiger partial charge is 0.466 e. The molecule has 0 fully saturated rings. The maximum absolute atomic E-state index is 15.8. The first-order valence-corrected chi connectivity index (χ1v) is 11.3. The van der Waals surface area contributed by atoms with Gasteiger partial charge in [0.2, 0.25) is 0 Å². The molecule has 0 aliphatic carbocycles. The number of aryl methyl sites for hydroxylation is 2. The van der Waals surface area contributed by atoms with Crippen LogP contribution in [0.1, 0.15) is 41.2 Å². The number of hydrogen-bond acceptors (Lipinski definition) is 4. The van der Waals surface area contributed by atoms with Crippen molar-refractivity contribution in [2.45, 2.75) is 44.7 Å². The summed E-state index contributed by atoms with van der Waals surface area (Å²) in [7, 11) is -0.292. The molecule has 2 rings (SSSR count). The molecule has 1 N–H and O–H groups in total. The number of carbonyl (C=O) groups is 1. The van der Waals surface area contributed by atoms with Crippen LogP contribution < -0.4 is 4.72 Å². The normalized spacial score (nSPS) is 14.2. The zero-order valence-corrected chi connectivity index (χ0v) is 21.3. The van der Waals surface area contributed by atoms with Crippen LogP contribution in [0.25, 0.3) is 11.1 Å². The summed E-state index contributed by atoms with van der Waals surface area (Å²) in [6, 6.07) is 1.56. The summed E-state index contributed by atoms with van der Waals surface area (Å²) < 4.78 is 119. The average Bonchev–Trinajstić information content (AvgIpc) is 2.67. The molecule has 2 aromatic carbocycles. The first-order chi connectivity index (χ1) is 15.5. The number of thiol groups is 1. The topological polar surface area (TPSA) is 38.3 Å². The minimum absolute atomic E-state index is 0.0776. The zero-order valence-electron chi connectivity index (χ0n) is 18.4. The second-order valence-electron chi connectivity index (χ2n) is 7.88. The van der Waals surface area contributed by atoms with Crippen LogP contribution in [0.5, 0.6) is 0 Å². The van der Waals surface area contributed by atoms with Gasteiger partial charge in [-0.2, -0.15) is 26.3 Å². The molecule has 0 aliphatic rings. The van der Waals surface area contributed by atoms with Crippen molar-refractivity contribution in [3.8, 4) is 11.1 Å². The predicted octanol–water partition coefficient (Wildman–Crippen LogP) is 5.19. The smallest absolute Gasteiger partial charge is 0.419 e. The van der Waals surface area contributed by atoms with E-state index in [4.69, 9.17) is 4.74 Å². The lowest BCUT2D eigenvalue weighted by Gasteiger charge is -2.31. The SMILES string of the molecule is CCOC(=O)CC([SiH3])(NS)c1c(F)c(-c2c(C)cc(C(F)(F)F)cc2C)cc(C(F)(F)F)c1F. The Hall–Kier alpha value is -2.12. The zero-order chi connectivity index (χ0) is 26.2. The van der Waals surface area contributed by atoms with Crippen LogP contribution in [-0.2, 0) is 27.0 Å². The maximum atomic E-state index is 15.8. The highest BCUT2D eigenvalue weighted by Crippen LogP contribution is 2.44. The van der Waals surface area contributed by atoms with Crippen molar-refractivity contribution in [3.63, 3.8) is 0 Å². The molecular formula is C21H21F8NO2SSi. The predicted molar refractivity (Wildman–Crippen MR) is 116 cm³/mol. The second-order valence-corrected chi connectivity index (χ2v) is 9.81. The van der Waals surface area contributed by atoms with E-state index in [-0.39, 0.29) is 39.6 Å². The van der Waals surface area contributed by atoms with Crippen LogP contribution >= 0.6 is 12.8 Å². The number of benzene rings is 2. The van der Waals surface area contributed by atoms with Crippen molar-refractivity contribution in [2.75, 3.05) is 6.61 Å². The van der Waals surface area contributed by atoms with Gasteiger partial charge < -0.3 is 4.74 Å². The molecule has 3 nitrogen and oxygen atoms in total. The fourth-order valence-corrected chi connectivity index (χ4v) is 4.66. The first kappa shape index (κ1) is 28.1. The summed E-state index contributed by atoms with van der Waals surface area (Å²) in [6.07, 6.45) is -10.7.